The van der Waals surface area contributed by atoms with Crippen LogP contribution in [0.25, 0.3) is 0 Å². The molecule has 4 aliphatic carbocycles. The topological polar surface area (TPSA) is 222 Å². The van der Waals surface area contributed by atoms with Gasteiger partial charge < -0.3 is 66.4 Å². The molecule has 0 bridgehead atoms. The van der Waals surface area contributed by atoms with E-state index in [2.05, 4.69) is 27.7 Å². The standard InChI is InChI=1S/C80H94O19/c1-48-34-39-80(90-43-48)50(3)67-63(99-80)42-60-58-41-62(91-51(4)82)61-40-57(35-37-78(61,5)59(58)36-38-79(60,67)6)92-77-72(70(88-45-53-24-14-8-15-25-53)68(95-66(83)33-32-49(2)81)64(94-77)46-87-44-52-22-12-7-13-23-52)98-76-71(97-75(86)56-30-20-11-21-31-56)69(96-74(85)55-28-18-10-19-29-55)65(47-89-76)93-73(84)54-26-16-9-17-27-54/h7-31,48,50,57-65,67-72,76-77H,32-47H2,1-6H3/t48?,50-,57-,58+,59-,60-,61?,62-,63-,64+,65-,67-,68+,69-,70-,71+,72+,76+,77+,78+,79-,80+/m0/s1. The zero-order chi connectivity index (χ0) is 69.0. The van der Waals surface area contributed by atoms with Crippen LogP contribution in [-0.4, -0.2) is 135 Å². The van der Waals surface area contributed by atoms with Crippen LogP contribution < -0.4 is 0 Å². The Morgan fingerprint density at radius 1 is 0.515 bits per heavy atom. The summed E-state index contributed by atoms with van der Waals surface area (Å²) in [5, 5.41) is 0. The molecule has 4 saturated carbocycles. The fraction of sp³-hybridized carbons (Fsp3) is 0.550. The number of ketones is 1. The predicted octanol–water partition coefficient (Wildman–Crippen LogP) is 12.6. The summed E-state index contributed by atoms with van der Waals surface area (Å²) in [6, 6.07) is 43.7. The van der Waals surface area contributed by atoms with Gasteiger partial charge in [0.05, 0.1) is 68.4 Å². The molecule has 99 heavy (non-hydrogen) atoms. The molecule has 5 aromatic rings. The summed E-state index contributed by atoms with van der Waals surface area (Å²) in [6.45, 7) is 12.6. The third-order valence-electron chi connectivity index (χ3n) is 23.2. The second-order valence-corrected chi connectivity index (χ2v) is 29.5. The first-order valence-electron chi connectivity index (χ1n) is 35.7. The molecule has 4 saturated heterocycles. The maximum absolute atomic E-state index is 14.7. The highest BCUT2D eigenvalue weighted by Crippen LogP contribution is 2.72. The van der Waals surface area contributed by atoms with E-state index in [1.54, 1.807) is 91.0 Å². The fourth-order valence-electron chi connectivity index (χ4n) is 18.3. The molecule has 5 aromatic carbocycles. The molecule has 22 atom stereocenters. The molecule has 0 radical (unpaired) electrons. The van der Waals surface area contributed by atoms with E-state index in [1.165, 1.54) is 13.8 Å². The Morgan fingerprint density at radius 3 is 1.72 bits per heavy atom. The Kier molecular flexibility index (Phi) is 21.7. The van der Waals surface area contributed by atoms with E-state index in [0.29, 0.717) is 49.5 Å². The predicted molar refractivity (Wildman–Crippen MR) is 359 cm³/mol. The van der Waals surface area contributed by atoms with Crippen molar-refractivity contribution >= 4 is 35.6 Å². The first-order chi connectivity index (χ1) is 47.9. The van der Waals surface area contributed by atoms with Gasteiger partial charge in [0.15, 0.2) is 42.8 Å². The van der Waals surface area contributed by atoms with Crippen LogP contribution in [0, 0.1) is 52.3 Å². The molecule has 0 N–H and O–H groups in total. The Morgan fingerprint density at radius 2 is 1.11 bits per heavy atom. The van der Waals surface area contributed by atoms with Gasteiger partial charge in [-0.05, 0) is 146 Å². The Labute approximate surface area is 579 Å². The van der Waals surface area contributed by atoms with Crippen molar-refractivity contribution in [3.63, 3.8) is 0 Å². The Hall–Kier alpha value is -7.20. The van der Waals surface area contributed by atoms with Crippen molar-refractivity contribution in [2.24, 2.45) is 52.3 Å². The van der Waals surface area contributed by atoms with Crippen LogP contribution in [0.1, 0.15) is 154 Å². The van der Waals surface area contributed by atoms with Gasteiger partial charge >= 0.3 is 29.8 Å². The Bertz CT molecular complexity index is 3570. The van der Waals surface area contributed by atoms with E-state index in [4.69, 9.17) is 61.6 Å². The lowest BCUT2D eigenvalue weighted by atomic mass is 9.43. The number of fused-ring (bicyclic) bond motifs is 7. The lowest BCUT2D eigenvalue weighted by molar-refractivity contribution is -0.369. The van der Waals surface area contributed by atoms with Crippen LogP contribution in [0.15, 0.2) is 152 Å². The van der Waals surface area contributed by atoms with Crippen LogP contribution in [0.3, 0.4) is 0 Å². The Balaban J connectivity index is 0.866. The molecular formula is C80H94O19. The molecular weight excluding hydrogens is 1260 g/mol. The highest BCUT2D eigenvalue weighted by molar-refractivity contribution is 5.91. The number of ether oxygens (including phenoxy) is 13. The number of rotatable bonds is 22. The van der Waals surface area contributed by atoms with E-state index in [-0.39, 0.29) is 95.8 Å². The van der Waals surface area contributed by atoms with Gasteiger partial charge in [0, 0.05) is 31.6 Å². The molecule has 4 aliphatic heterocycles. The quantitative estimate of drug-likeness (QED) is 0.0357. The molecule has 19 nitrogen and oxygen atoms in total. The van der Waals surface area contributed by atoms with E-state index in [9.17, 15) is 28.8 Å². The number of esters is 5. The highest BCUT2D eigenvalue weighted by atomic mass is 16.8. The van der Waals surface area contributed by atoms with Crippen molar-refractivity contribution in [1.82, 2.24) is 0 Å². The van der Waals surface area contributed by atoms with Crippen molar-refractivity contribution in [2.45, 2.75) is 205 Å². The van der Waals surface area contributed by atoms with Gasteiger partial charge in [0.2, 0.25) is 0 Å². The van der Waals surface area contributed by atoms with Crippen molar-refractivity contribution in [1.29, 1.82) is 0 Å². The van der Waals surface area contributed by atoms with Crippen LogP contribution in [0.5, 0.6) is 0 Å². The number of Topliss-reactive ketones (excluding diaryl/α,β-unsaturated/α-hetero) is 1. The summed E-state index contributed by atoms with van der Waals surface area (Å²) in [4.78, 5) is 83.7. The average molecular weight is 1360 g/mol. The largest absolute Gasteiger partial charge is 0.462 e. The summed E-state index contributed by atoms with van der Waals surface area (Å²) in [6.07, 6.45) is -6.85. The third-order valence-corrected chi connectivity index (χ3v) is 23.2. The highest BCUT2D eigenvalue weighted by Gasteiger charge is 2.70. The zero-order valence-corrected chi connectivity index (χ0v) is 57.5. The average Bonchev–Trinajstić information content (AvgIpc) is 1.57. The van der Waals surface area contributed by atoms with Gasteiger partial charge in [-0.15, -0.1) is 0 Å². The molecule has 8 fully saturated rings. The van der Waals surface area contributed by atoms with Gasteiger partial charge in [0.25, 0.3) is 0 Å². The molecule has 2 unspecified atom stereocenters. The van der Waals surface area contributed by atoms with Crippen molar-refractivity contribution in [2.75, 3.05) is 19.8 Å². The second-order valence-electron chi connectivity index (χ2n) is 29.5. The molecule has 528 valence electrons. The molecule has 1 spiro atoms. The lowest BCUT2D eigenvalue weighted by Crippen LogP contribution is -2.66. The molecule has 19 heteroatoms. The number of benzene rings is 5. The molecule has 0 amide bonds. The maximum Gasteiger partial charge on any atom is 0.338 e. The fourth-order valence-corrected chi connectivity index (χ4v) is 18.3. The summed E-state index contributed by atoms with van der Waals surface area (Å²) in [7, 11) is 0. The summed E-state index contributed by atoms with van der Waals surface area (Å²) < 4.78 is 88.3. The third kappa shape index (κ3) is 15.2. The zero-order valence-electron chi connectivity index (χ0n) is 57.5. The van der Waals surface area contributed by atoms with Crippen LogP contribution in [-0.2, 0) is 89.2 Å². The first-order valence-corrected chi connectivity index (χ1v) is 35.7. The normalized spacial score (nSPS) is 36.0. The van der Waals surface area contributed by atoms with Crippen molar-refractivity contribution in [3.05, 3.63) is 179 Å². The van der Waals surface area contributed by atoms with E-state index in [1.807, 2.05) is 60.7 Å². The minimum atomic E-state index is -1.71. The molecule has 4 heterocycles. The number of carbonyl (C=O) groups excluding carboxylic acids is 6. The minimum absolute atomic E-state index is 0.0108. The SMILES string of the molecule is CC(=O)CCC(=O)O[C@H]1[C@H](OCc2ccccc2)[C@@H](O[C@H]2OC[C@H](OC(=O)c3ccccc3)[C@H](OC(=O)c3ccccc3)[C@H]2OC(=O)c2ccccc2)[C@H](O[C@H]2CC[C@@]3(C)C(C2)[C@@H](OC(C)=O)C[C@H]2[C@@H]4C[C@@H]5O[C@]6(CCC(C)CO6)[C@@H](C)[C@@H]5[C@@]4(C)CC[C@@H]23)O[C@@H]1COCc1ccccc1. The summed E-state index contributed by atoms with van der Waals surface area (Å²) in [5.41, 5.74) is 1.84. The van der Waals surface area contributed by atoms with Crippen molar-refractivity contribution < 1.29 is 90.3 Å². The van der Waals surface area contributed by atoms with E-state index < -0.39 is 104 Å². The number of carbonyl (C=O) groups is 6. The van der Waals surface area contributed by atoms with Gasteiger partial charge in [-0.3, -0.25) is 9.59 Å². The maximum atomic E-state index is 14.7. The van der Waals surface area contributed by atoms with Gasteiger partial charge in [-0.1, -0.05) is 143 Å². The van der Waals surface area contributed by atoms with Crippen LogP contribution in [0.4, 0.5) is 0 Å². The van der Waals surface area contributed by atoms with E-state index >= 15 is 0 Å². The first kappa shape index (κ1) is 70.2. The molecule has 13 rings (SSSR count). The number of hydrogen-bond acceptors (Lipinski definition) is 19. The molecule has 8 aliphatic rings. The van der Waals surface area contributed by atoms with E-state index in [0.717, 1.165) is 49.7 Å². The van der Waals surface area contributed by atoms with Crippen LogP contribution in [0.2, 0.25) is 0 Å². The van der Waals surface area contributed by atoms with Gasteiger partial charge in [-0.2, -0.15) is 0 Å². The lowest BCUT2D eigenvalue weighted by Gasteiger charge is -2.63. The van der Waals surface area contributed by atoms with Crippen molar-refractivity contribution in [3.8, 4) is 0 Å². The van der Waals surface area contributed by atoms with Gasteiger partial charge in [-0.25, -0.2) is 14.4 Å². The molecule has 0 aromatic heterocycles. The summed E-state index contributed by atoms with van der Waals surface area (Å²) >= 11 is 0. The monoisotopic (exact) mass is 1360 g/mol. The van der Waals surface area contributed by atoms with Gasteiger partial charge in [0.1, 0.15) is 30.2 Å². The smallest absolute Gasteiger partial charge is 0.338 e. The minimum Gasteiger partial charge on any atom is -0.462 e. The number of hydrogen-bond donors (Lipinski definition) is 0. The second kappa shape index (κ2) is 30.6. The summed E-state index contributed by atoms with van der Waals surface area (Å²) in [5.74, 6) is -2.39. The van der Waals surface area contributed by atoms with Crippen LogP contribution >= 0.6 is 0 Å².